The molecule has 0 fully saturated rings. The van der Waals surface area contributed by atoms with Crippen molar-refractivity contribution in [3.8, 4) is 11.5 Å². The van der Waals surface area contributed by atoms with E-state index >= 15 is 0 Å². The van der Waals surface area contributed by atoms with E-state index in [2.05, 4.69) is 0 Å². The molecular formula is C8H6NO3. The van der Waals surface area contributed by atoms with E-state index in [0.717, 1.165) is 0 Å². The second-order valence-corrected chi connectivity index (χ2v) is 2.40. The van der Waals surface area contributed by atoms with Crippen LogP contribution in [0.2, 0.25) is 0 Å². The van der Waals surface area contributed by atoms with Crippen molar-refractivity contribution in [1.82, 2.24) is 5.73 Å². The summed E-state index contributed by atoms with van der Waals surface area (Å²) in [5.41, 5.74) is 7.16. The van der Waals surface area contributed by atoms with E-state index in [1.165, 1.54) is 6.07 Å². The SMILES string of the molecule is [NH]C(=O)c1ccc2c(c1)OCO2. The molecule has 1 aromatic rings. The highest BCUT2D eigenvalue weighted by atomic mass is 16.7. The molecular weight excluding hydrogens is 158 g/mol. The zero-order valence-electron chi connectivity index (χ0n) is 6.16. The van der Waals surface area contributed by atoms with Gasteiger partial charge in [-0.15, -0.1) is 0 Å². The third kappa shape index (κ3) is 0.972. The summed E-state index contributed by atoms with van der Waals surface area (Å²) in [5, 5.41) is 0. The van der Waals surface area contributed by atoms with Crippen molar-refractivity contribution in [3.63, 3.8) is 0 Å². The second kappa shape index (κ2) is 2.41. The first-order valence-corrected chi connectivity index (χ1v) is 3.43. The van der Waals surface area contributed by atoms with Crippen molar-refractivity contribution in [2.75, 3.05) is 6.79 Å². The van der Waals surface area contributed by atoms with Crippen molar-refractivity contribution in [2.24, 2.45) is 0 Å². The van der Waals surface area contributed by atoms with Crippen LogP contribution in [0.4, 0.5) is 0 Å². The standard InChI is InChI=1S/C8H6NO3/c9-8(10)5-1-2-6-7(3-5)12-4-11-6/h1-3,9H,4H2. The third-order valence-corrected chi connectivity index (χ3v) is 1.63. The third-order valence-electron chi connectivity index (χ3n) is 1.63. The monoisotopic (exact) mass is 164 g/mol. The number of amides is 1. The summed E-state index contributed by atoms with van der Waals surface area (Å²) < 4.78 is 10.1. The Morgan fingerprint density at radius 3 is 2.83 bits per heavy atom. The predicted octanol–water partition coefficient (Wildman–Crippen LogP) is 0.838. The van der Waals surface area contributed by atoms with Crippen LogP contribution in [0.1, 0.15) is 10.4 Å². The minimum absolute atomic E-state index is 0.185. The zero-order chi connectivity index (χ0) is 8.55. The number of hydrogen-bond acceptors (Lipinski definition) is 3. The Balaban J connectivity index is 2.45. The van der Waals surface area contributed by atoms with E-state index in [0.29, 0.717) is 17.1 Å². The molecule has 61 valence electrons. The number of rotatable bonds is 1. The summed E-state index contributed by atoms with van der Waals surface area (Å²) in [4.78, 5) is 10.6. The highest BCUT2D eigenvalue weighted by Gasteiger charge is 2.14. The average Bonchev–Trinajstić information content (AvgIpc) is 2.49. The number of carbonyl (C=O) groups excluding carboxylic acids is 1. The van der Waals surface area contributed by atoms with E-state index in [4.69, 9.17) is 15.2 Å². The number of benzene rings is 1. The van der Waals surface area contributed by atoms with Crippen LogP contribution in [-0.4, -0.2) is 12.7 Å². The Bertz CT molecular complexity index is 335. The van der Waals surface area contributed by atoms with Crippen LogP contribution in [0, 0.1) is 0 Å². The minimum Gasteiger partial charge on any atom is -0.454 e. The van der Waals surface area contributed by atoms with Gasteiger partial charge in [-0.1, -0.05) is 0 Å². The molecule has 2 rings (SSSR count). The molecule has 1 aliphatic heterocycles. The lowest BCUT2D eigenvalue weighted by Gasteiger charge is -1.96. The van der Waals surface area contributed by atoms with Gasteiger partial charge in [-0.3, -0.25) is 10.5 Å². The Kier molecular flexibility index (Phi) is 1.40. The Morgan fingerprint density at radius 2 is 2.08 bits per heavy atom. The lowest BCUT2D eigenvalue weighted by atomic mass is 10.2. The first kappa shape index (κ1) is 6.97. The number of carbonyl (C=O) groups is 1. The maximum Gasteiger partial charge on any atom is 0.269 e. The van der Waals surface area contributed by atoms with Crippen LogP contribution in [0.5, 0.6) is 11.5 Å². The maximum absolute atomic E-state index is 10.6. The molecule has 1 heterocycles. The van der Waals surface area contributed by atoms with E-state index in [-0.39, 0.29) is 6.79 Å². The van der Waals surface area contributed by atoms with Gasteiger partial charge in [0.25, 0.3) is 5.91 Å². The lowest BCUT2D eigenvalue weighted by Crippen LogP contribution is -1.97. The summed E-state index contributed by atoms with van der Waals surface area (Å²) in [7, 11) is 0. The first-order chi connectivity index (χ1) is 5.77. The predicted molar refractivity (Wildman–Crippen MR) is 40.0 cm³/mol. The zero-order valence-corrected chi connectivity index (χ0v) is 6.16. The average molecular weight is 164 g/mol. The molecule has 1 aromatic carbocycles. The largest absolute Gasteiger partial charge is 0.454 e. The fraction of sp³-hybridized carbons (Fsp3) is 0.125. The number of fused-ring (bicyclic) bond motifs is 1. The molecule has 1 aliphatic rings. The molecule has 12 heavy (non-hydrogen) atoms. The van der Waals surface area contributed by atoms with Crippen molar-refractivity contribution in [1.29, 1.82) is 0 Å². The van der Waals surface area contributed by atoms with Crippen molar-refractivity contribution in [2.45, 2.75) is 0 Å². The van der Waals surface area contributed by atoms with Crippen LogP contribution in [-0.2, 0) is 0 Å². The molecule has 1 N–H and O–H groups in total. The van der Waals surface area contributed by atoms with E-state index in [1.807, 2.05) is 0 Å². The molecule has 4 heteroatoms. The Labute approximate surface area is 68.9 Å². The Morgan fingerprint density at radius 1 is 1.33 bits per heavy atom. The number of nitrogens with one attached hydrogen (secondary N) is 1. The van der Waals surface area contributed by atoms with Gasteiger partial charge in [0.2, 0.25) is 6.79 Å². The molecule has 1 amide bonds. The van der Waals surface area contributed by atoms with Gasteiger partial charge in [-0.25, -0.2) is 0 Å². The number of hydrogen-bond donors (Lipinski definition) is 0. The van der Waals surface area contributed by atoms with Crippen molar-refractivity contribution < 1.29 is 14.3 Å². The smallest absolute Gasteiger partial charge is 0.269 e. The van der Waals surface area contributed by atoms with Gasteiger partial charge in [0.15, 0.2) is 11.5 Å². The number of ether oxygens (including phenoxy) is 2. The van der Waals surface area contributed by atoms with Gasteiger partial charge in [0.1, 0.15) is 0 Å². The first-order valence-electron chi connectivity index (χ1n) is 3.43. The second-order valence-electron chi connectivity index (χ2n) is 2.40. The van der Waals surface area contributed by atoms with E-state index < -0.39 is 5.91 Å². The summed E-state index contributed by atoms with van der Waals surface area (Å²) in [6.45, 7) is 0.185. The minimum atomic E-state index is -0.715. The molecule has 0 saturated carbocycles. The van der Waals surface area contributed by atoms with Gasteiger partial charge in [-0.05, 0) is 18.2 Å². The molecule has 0 atom stereocenters. The fourth-order valence-corrected chi connectivity index (χ4v) is 1.04. The van der Waals surface area contributed by atoms with Crippen LogP contribution >= 0.6 is 0 Å². The van der Waals surface area contributed by atoms with Crippen LogP contribution < -0.4 is 15.2 Å². The summed E-state index contributed by atoms with van der Waals surface area (Å²) in [6, 6.07) is 4.69. The summed E-state index contributed by atoms with van der Waals surface area (Å²) in [5.74, 6) is 0.446. The highest BCUT2D eigenvalue weighted by Crippen LogP contribution is 2.32. The van der Waals surface area contributed by atoms with Crippen LogP contribution in [0.3, 0.4) is 0 Å². The highest BCUT2D eigenvalue weighted by molar-refractivity contribution is 5.92. The van der Waals surface area contributed by atoms with E-state index in [1.54, 1.807) is 12.1 Å². The summed E-state index contributed by atoms with van der Waals surface area (Å²) >= 11 is 0. The van der Waals surface area contributed by atoms with Gasteiger partial charge in [0.05, 0.1) is 0 Å². The van der Waals surface area contributed by atoms with E-state index in [9.17, 15) is 4.79 Å². The summed E-state index contributed by atoms with van der Waals surface area (Å²) in [6.07, 6.45) is 0. The fourth-order valence-electron chi connectivity index (χ4n) is 1.04. The Hall–Kier alpha value is -1.71. The maximum atomic E-state index is 10.6. The lowest BCUT2D eigenvalue weighted by molar-refractivity contribution is 0.0991. The quantitative estimate of drug-likeness (QED) is 0.617. The van der Waals surface area contributed by atoms with Gasteiger partial charge in [-0.2, -0.15) is 0 Å². The van der Waals surface area contributed by atoms with Gasteiger partial charge < -0.3 is 9.47 Å². The van der Waals surface area contributed by atoms with Gasteiger partial charge >= 0.3 is 0 Å². The molecule has 0 unspecified atom stereocenters. The van der Waals surface area contributed by atoms with Crippen LogP contribution in [0.15, 0.2) is 18.2 Å². The van der Waals surface area contributed by atoms with Crippen molar-refractivity contribution in [3.05, 3.63) is 23.8 Å². The normalized spacial score (nSPS) is 13.0. The molecule has 1 radical (unpaired) electrons. The molecule has 0 spiro atoms. The molecule has 0 saturated heterocycles. The topological polar surface area (TPSA) is 59.3 Å². The molecule has 4 nitrogen and oxygen atoms in total. The molecule has 0 aliphatic carbocycles. The van der Waals surface area contributed by atoms with Crippen LogP contribution in [0.25, 0.3) is 0 Å². The van der Waals surface area contributed by atoms with Gasteiger partial charge in [0, 0.05) is 5.56 Å². The molecule has 0 bridgehead atoms. The van der Waals surface area contributed by atoms with Crippen molar-refractivity contribution >= 4 is 5.91 Å². The molecule has 0 aromatic heterocycles.